The van der Waals surface area contributed by atoms with Crippen molar-refractivity contribution in [2.45, 2.75) is 32.7 Å². The molecule has 1 aromatic rings. The molecular weight excluding hydrogens is 286 g/mol. The van der Waals surface area contributed by atoms with Crippen molar-refractivity contribution in [2.75, 3.05) is 14.2 Å². The zero-order valence-electron chi connectivity index (χ0n) is 13.4. The largest absolute Gasteiger partial charge is 0.493 e. The molecular formula is C16H23NO5. The first kappa shape index (κ1) is 17.8. The number of aliphatic carboxylic acids is 1. The molecule has 22 heavy (non-hydrogen) atoms. The highest BCUT2D eigenvalue weighted by Crippen LogP contribution is 2.27. The molecule has 122 valence electrons. The Labute approximate surface area is 130 Å². The van der Waals surface area contributed by atoms with Crippen LogP contribution in [0.25, 0.3) is 0 Å². The van der Waals surface area contributed by atoms with Gasteiger partial charge in [-0.15, -0.1) is 0 Å². The van der Waals surface area contributed by atoms with Crippen LogP contribution in [0.3, 0.4) is 0 Å². The van der Waals surface area contributed by atoms with Crippen LogP contribution in [0.1, 0.15) is 25.8 Å². The van der Waals surface area contributed by atoms with Crippen molar-refractivity contribution in [1.82, 2.24) is 5.32 Å². The normalized spacial score (nSPS) is 11.9. The molecule has 0 radical (unpaired) electrons. The van der Waals surface area contributed by atoms with Crippen molar-refractivity contribution in [2.24, 2.45) is 5.92 Å². The van der Waals surface area contributed by atoms with Crippen LogP contribution in [0, 0.1) is 5.92 Å². The number of methoxy groups -OCH3 is 2. The molecule has 0 saturated carbocycles. The van der Waals surface area contributed by atoms with Crippen molar-refractivity contribution in [1.29, 1.82) is 0 Å². The maximum absolute atomic E-state index is 12.0. The quantitative estimate of drug-likeness (QED) is 0.765. The summed E-state index contributed by atoms with van der Waals surface area (Å²) in [6.07, 6.45) is 0.481. The van der Waals surface area contributed by atoms with E-state index in [4.69, 9.17) is 14.6 Å². The topological polar surface area (TPSA) is 84.9 Å². The number of carbonyl (C=O) groups excluding carboxylic acids is 1. The van der Waals surface area contributed by atoms with E-state index in [9.17, 15) is 9.59 Å². The number of carboxylic acids is 1. The molecule has 1 aromatic carbocycles. The van der Waals surface area contributed by atoms with Gasteiger partial charge in [0.15, 0.2) is 11.5 Å². The number of amides is 1. The molecule has 0 bridgehead atoms. The molecule has 1 rings (SSSR count). The van der Waals surface area contributed by atoms with E-state index in [-0.39, 0.29) is 18.2 Å². The number of hydrogen-bond acceptors (Lipinski definition) is 4. The summed E-state index contributed by atoms with van der Waals surface area (Å²) in [4.78, 5) is 23.2. The van der Waals surface area contributed by atoms with Gasteiger partial charge >= 0.3 is 5.97 Å². The lowest BCUT2D eigenvalue weighted by Gasteiger charge is -2.16. The molecule has 0 heterocycles. The van der Waals surface area contributed by atoms with Crippen molar-refractivity contribution in [3.05, 3.63) is 23.8 Å². The second-order valence-electron chi connectivity index (χ2n) is 5.45. The molecule has 1 atom stereocenters. The van der Waals surface area contributed by atoms with Crippen LogP contribution in [0.5, 0.6) is 11.5 Å². The predicted octanol–water partition coefficient (Wildman–Crippen LogP) is 1.86. The summed E-state index contributed by atoms with van der Waals surface area (Å²) in [6, 6.07) is 4.30. The molecule has 0 aliphatic heterocycles. The minimum Gasteiger partial charge on any atom is -0.493 e. The predicted molar refractivity (Wildman–Crippen MR) is 82.3 cm³/mol. The van der Waals surface area contributed by atoms with E-state index >= 15 is 0 Å². The number of benzene rings is 1. The van der Waals surface area contributed by atoms with E-state index in [1.54, 1.807) is 18.2 Å². The monoisotopic (exact) mass is 309 g/mol. The van der Waals surface area contributed by atoms with Crippen LogP contribution in [-0.2, 0) is 16.0 Å². The maximum atomic E-state index is 12.0. The minimum absolute atomic E-state index is 0.0855. The van der Waals surface area contributed by atoms with E-state index in [0.717, 1.165) is 5.56 Å². The number of carbonyl (C=O) groups is 2. The maximum Gasteiger partial charge on any atom is 0.326 e. The van der Waals surface area contributed by atoms with Crippen LogP contribution in [0.4, 0.5) is 0 Å². The van der Waals surface area contributed by atoms with Crippen molar-refractivity contribution in [3.63, 3.8) is 0 Å². The highest BCUT2D eigenvalue weighted by atomic mass is 16.5. The van der Waals surface area contributed by atoms with Gasteiger partial charge in [-0.3, -0.25) is 4.79 Å². The third kappa shape index (κ3) is 5.27. The first-order valence-corrected chi connectivity index (χ1v) is 7.10. The fourth-order valence-electron chi connectivity index (χ4n) is 2.11. The Kier molecular flexibility index (Phi) is 6.69. The summed E-state index contributed by atoms with van der Waals surface area (Å²) < 4.78 is 10.3. The third-order valence-corrected chi connectivity index (χ3v) is 3.15. The van der Waals surface area contributed by atoms with Crippen LogP contribution in [-0.4, -0.2) is 37.2 Å². The van der Waals surface area contributed by atoms with Gasteiger partial charge in [0.2, 0.25) is 5.91 Å². The summed E-state index contributed by atoms with van der Waals surface area (Å²) in [6.45, 7) is 3.83. The standard InChI is InChI=1S/C16H23NO5/c1-10(2)7-12(16(19)20)17-15(18)9-11-5-6-13(21-3)14(8-11)22-4/h5-6,8,10,12H,7,9H2,1-4H3,(H,17,18)(H,19,20)/t12-/m0/s1. The van der Waals surface area contributed by atoms with Gasteiger partial charge in [-0.2, -0.15) is 0 Å². The Morgan fingerprint density at radius 3 is 2.32 bits per heavy atom. The summed E-state index contributed by atoms with van der Waals surface area (Å²) in [5.74, 6) is -0.0586. The molecule has 0 spiro atoms. The second kappa shape index (κ2) is 8.26. The molecule has 6 nitrogen and oxygen atoms in total. The van der Waals surface area contributed by atoms with Crippen LogP contribution in [0.15, 0.2) is 18.2 Å². The molecule has 0 aliphatic rings. The smallest absolute Gasteiger partial charge is 0.326 e. The second-order valence-corrected chi connectivity index (χ2v) is 5.45. The average molecular weight is 309 g/mol. The molecule has 0 aromatic heterocycles. The van der Waals surface area contributed by atoms with Gasteiger partial charge in [0.1, 0.15) is 6.04 Å². The number of rotatable bonds is 8. The lowest BCUT2D eigenvalue weighted by molar-refractivity contribution is -0.142. The van der Waals surface area contributed by atoms with E-state index in [1.165, 1.54) is 14.2 Å². The number of carboxylic acid groups (broad SMARTS) is 1. The van der Waals surface area contributed by atoms with E-state index in [0.29, 0.717) is 17.9 Å². The summed E-state index contributed by atoms with van der Waals surface area (Å²) in [5.41, 5.74) is 0.726. The Hall–Kier alpha value is -2.24. The molecule has 0 saturated heterocycles. The molecule has 6 heteroatoms. The SMILES string of the molecule is COc1ccc(CC(=O)N[C@@H](CC(C)C)C(=O)O)cc1OC. The number of ether oxygens (including phenoxy) is 2. The Balaban J connectivity index is 2.73. The Morgan fingerprint density at radius 2 is 1.82 bits per heavy atom. The van der Waals surface area contributed by atoms with Crippen molar-refractivity contribution >= 4 is 11.9 Å². The van der Waals surface area contributed by atoms with Gasteiger partial charge in [0, 0.05) is 0 Å². The van der Waals surface area contributed by atoms with Crippen LogP contribution < -0.4 is 14.8 Å². The Bertz CT molecular complexity index is 527. The molecule has 0 aliphatic carbocycles. The lowest BCUT2D eigenvalue weighted by atomic mass is 10.0. The van der Waals surface area contributed by atoms with E-state index in [1.807, 2.05) is 13.8 Å². The summed E-state index contributed by atoms with van der Waals surface area (Å²) in [5, 5.41) is 11.7. The average Bonchev–Trinajstić information content (AvgIpc) is 2.45. The van der Waals surface area contributed by atoms with Gasteiger partial charge in [0.25, 0.3) is 0 Å². The summed E-state index contributed by atoms with van der Waals surface area (Å²) >= 11 is 0. The fraction of sp³-hybridized carbons (Fsp3) is 0.500. The zero-order valence-corrected chi connectivity index (χ0v) is 13.4. The van der Waals surface area contributed by atoms with Gasteiger partial charge in [0.05, 0.1) is 20.6 Å². The highest BCUT2D eigenvalue weighted by molar-refractivity contribution is 5.84. The van der Waals surface area contributed by atoms with Gasteiger partial charge < -0.3 is 19.9 Å². The van der Waals surface area contributed by atoms with Gasteiger partial charge in [-0.25, -0.2) is 4.79 Å². The van der Waals surface area contributed by atoms with E-state index < -0.39 is 12.0 Å². The van der Waals surface area contributed by atoms with Gasteiger partial charge in [-0.05, 0) is 30.0 Å². The molecule has 2 N–H and O–H groups in total. The molecule has 1 amide bonds. The first-order valence-electron chi connectivity index (χ1n) is 7.10. The minimum atomic E-state index is -1.02. The number of hydrogen-bond donors (Lipinski definition) is 2. The first-order chi connectivity index (χ1) is 10.4. The van der Waals surface area contributed by atoms with Crippen molar-refractivity contribution < 1.29 is 24.2 Å². The highest BCUT2D eigenvalue weighted by Gasteiger charge is 2.21. The zero-order chi connectivity index (χ0) is 16.7. The van der Waals surface area contributed by atoms with Crippen molar-refractivity contribution in [3.8, 4) is 11.5 Å². The molecule has 0 unspecified atom stereocenters. The number of nitrogens with one attached hydrogen (secondary N) is 1. The summed E-state index contributed by atoms with van der Waals surface area (Å²) in [7, 11) is 3.05. The van der Waals surface area contributed by atoms with E-state index in [2.05, 4.69) is 5.32 Å². The van der Waals surface area contributed by atoms with Gasteiger partial charge in [-0.1, -0.05) is 19.9 Å². The molecule has 0 fully saturated rings. The fourth-order valence-corrected chi connectivity index (χ4v) is 2.11. The third-order valence-electron chi connectivity index (χ3n) is 3.15. The Morgan fingerprint density at radius 1 is 1.18 bits per heavy atom. The van der Waals surface area contributed by atoms with Crippen LogP contribution >= 0.6 is 0 Å². The van der Waals surface area contributed by atoms with Crippen LogP contribution in [0.2, 0.25) is 0 Å². The lowest BCUT2D eigenvalue weighted by Crippen LogP contribution is -2.42.